The lowest BCUT2D eigenvalue weighted by molar-refractivity contribution is 0.417. The number of hydrogen-bond donors (Lipinski definition) is 1. The number of rotatable bonds is 9. The number of hydrogen-bond acceptors (Lipinski definition) is 2. The van der Waals surface area contributed by atoms with Gasteiger partial charge in [-0.05, 0) is 19.4 Å². The van der Waals surface area contributed by atoms with E-state index in [-0.39, 0.29) is 17.0 Å². The molecule has 0 aromatic carbocycles. The van der Waals surface area contributed by atoms with Crippen molar-refractivity contribution in [2.75, 3.05) is 6.54 Å². The minimum atomic E-state index is 0. The molecule has 17 heavy (non-hydrogen) atoms. The summed E-state index contributed by atoms with van der Waals surface area (Å²) in [5.74, 6) is 0. The Morgan fingerprint density at radius 2 is 1.94 bits per heavy atom. The molecule has 0 saturated heterocycles. The molecule has 1 atom stereocenters. The van der Waals surface area contributed by atoms with Crippen LogP contribution in [0.2, 0.25) is 0 Å². The number of nitrogens with two attached hydrogens (primary N) is 1. The van der Waals surface area contributed by atoms with Gasteiger partial charge in [0.2, 0.25) is 0 Å². The monoisotopic (exact) mass is 303 g/mol. The molecule has 3 nitrogen and oxygen atoms in total. The van der Waals surface area contributed by atoms with Crippen LogP contribution in [0.25, 0.3) is 0 Å². The lowest BCUT2D eigenvalue weighted by atomic mass is 10.0. The standard InChI is InChI=1S/C13H25N3.BrH/c1-2-3-4-5-6-7-13(8-9-14)16-11-10-15-12-16;/h10-13H,2-9,14H2,1H3;1H. The summed E-state index contributed by atoms with van der Waals surface area (Å²) in [6, 6.07) is 0.550. The Morgan fingerprint density at radius 1 is 1.18 bits per heavy atom. The van der Waals surface area contributed by atoms with Crippen molar-refractivity contribution in [3.05, 3.63) is 18.7 Å². The normalized spacial score (nSPS) is 12.1. The Bertz CT molecular complexity index is 249. The molecule has 1 rings (SSSR count). The van der Waals surface area contributed by atoms with Gasteiger partial charge < -0.3 is 10.3 Å². The highest BCUT2D eigenvalue weighted by molar-refractivity contribution is 8.93. The van der Waals surface area contributed by atoms with Crippen LogP contribution in [-0.4, -0.2) is 16.1 Å². The second kappa shape index (κ2) is 10.8. The minimum absolute atomic E-state index is 0. The van der Waals surface area contributed by atoms with Gasteiger partial charge in [0.15, 0.2) is 0 Å². The summed E-state index contributed by atoms with van der Waals surface area (Å²) in [6.45, 7) is 3.01. The van der Waals surface area contributed by atoms with Gasteiger partial charge in [-0.1, -0.05) is 39.0 Å². The maximum Gasteiger partial charge on any atom is 0.0948 e. The molecule has 1 unspecified atom stereocenters. The zero-order valence-corrected chi connectivity index (χ0v) is 12.6. The van der Waals surface area contributed by atoms with E-state index >= 15 is 0 Å². The van der Waals surface area contributed by atoms with Crippen molar-refractivity contribution >= 4 is 17.0 Å². The summed E-state index contributed by atoms with van der Waals surface area (Å²) < 4.78 is 2.20. The summed E-state index contributed by atoms with van der Waals surface area (Å²) in [7, 11) is 0. The molecule has 1 aromatic rings. The molecule has 100 valence electrons. The number of nitrogens with zero attached hydrogens (tertiary/aromatic N) is 2. The van der Waals surface area contributed by atoms with Gasteiger partial charge in [-0.15, -0.1) is 17.0 Å². The molecule has 0 spiro atoms. The summed E-state index contributed by atoms with van der Waals surface area (Å²) >= 11 is 0. The van der Waals surface area contributed by atoms with Crippen molar-refractivity contribution in [3.63, 3.8) is 0 Å². The van der Waals surface area contributed by atoms with Crippen molar-refractivity contribution in [1.82, 2.24) is 9.55 Å². The van der Waals surface area contributed by atoms with E-state index < -0.39 is 0 Å². The largest absolute Gasteiger partial charge is 0.334 e. The lowest BCUT2D eigenvalue weighted by Crippen LogP contribution is -2.12. The molecule has 0 fully saturated rings. The van der Waals surface area contributed by atoms with E-state index in [0.717, 1.165) is 13.0 Å². The molecule has 0 aliphatic heterocycles. The van der Waals surface area contributed by atoms with Gasteiger partial charge in [0.1, 0.15) is 0 Å². The third-order valence-electron chi connectivity index (χ3n) is 3.09. The van der Waals surface area contributed by atoms with E-state index in [9.17, 15) is 0 Å². The second-order valence-electron chi connectivity index (χ2n) is 4.44. The van der Waals surface area contributed by atoms with Crippen molar-refractivity contribution in [3.8, 4) is 0 Å². The summed E-state index contributed by atoms with van der Waals surface area (Å²) in [5.41, 5.74) is 5.65. The maximum atomic E-state index is 5.65. The minimum Gasteiger partial charge on any atom is -0.334 e. The van der Waals surface area contributed by atoms with Gasteiger partial charge in [0.05, 0.1) is 6.33 Å². The predicted molar refractivity (Wildman–Crippen MR) is 78.6 cm³/mol. The van der Waals surface area contributed by atoms with E-state index in [4.69, 9.17) is 5.73 Å². The van der Waals surface area contributed by atoms with Crippen LogP contribution in [0.4, 0.5) is 0 Å². The fourth-order valence-corrected chi connectivity index (χ4v) is 2.10. The van der Waals surface area contributed by atoms with E-state index in [1.165, 1.54) is 38.5 Å². The molecular formula is C13H26BrN3. The molecule has 0 amide bonds. The van der Waals surface area contributed by atoms with Crippen LogP contribution in [0.1, 0.15) is 57.9 Å². The Kier molecular flexibility index (Phi) is 10.6. The first-order valence-electron chi connectivity index (χ1n) is 6.56. The van der Waals surface area contributed by atoms with Crippen LogP contribution in [0, 0.1) is 0 Å². The molecular weight excluding hydrogens is 278 g/mol. The molecule has 0 saturated carbocycles. The number of aromatic nitrogens is 2. The number of unbranched alkanes of at least 4 members (excludes halogenated alkanes) is 4. The molecule has 1 aromatic heterocycles. The van der Waals surface area contributed by atoms with Crippen molar-refractivity contribution in [2.45, 2.75) is 57.9 Å². The lowest BCUT2D eigenvalue weighted by Gasteiger charge is -2.17. The van der Waals surface area contributed by atoms with E-state index in [1.54, 1.807) is 0 Å². The predicted octanol–water partition coefficient (Wildman–Crippen LogP) is 3.71. The fourth-order valence-electron chi connectivity index (χ4n) is 2.10. The number of halogens is 1. The van der Waals surface area contributed by atoms with Crippen LogP contribution in [-0.2, 0) is 0 Å². The molecule has 1 heterocycles. The van der Waals surface area contributed by atoms with Crippen LogP contribution in [0.3, 0.4) is 0 Å². The molecule has 0 aliphatic rings. The van der Waals surface area contributed by atoms with Gasteiger partial charge in [0, 0.05) is 18.4 Å². The number of imidazole rings is 1. The zero-order valence-electron chi connectivity index (χ0n) is 10.8. The third kappa shape index (κ3) is 6.84. The van der Waals surface area contributed by atoms with E-state index in [0.29, 0.717) is 6.04 Å². The van der Waals surface area contributed by atoms with Crippen LogP contribution in [0.15, 0.2) is 18.7 Å². The van der Waals surface area contributed by atoms with E-state index in [2.05, 4.69) is 16.5 Å². The topological polar surface area (TPSA) is 43.8 Å². The Hall–Kier alpha value is -0.350. The average molecular weight is 304 g/mol. The molecule has 0 aliphatic carbocycles. The van der Waals surface area contributed by atoms with Crippen LogP contribution < -0.4 is 5.73 Å². The smallest absolute Gasteiger partial charge is 0.0948 e. The Labute approximate surface area is 116 Å². The molecule has 0 bridgehead atoms. The van der Waals surface area contributed by atoms with Crippen LogP contribution in [0.5, 0.6) is 0 Å². The van der Waals surface area contributed by atoms with Gasteiger partial charge in [-0.3, -0.25) is 0 Å². The third-order valence-corrected chi connectivity index (χ3v) is 3.09. The first kappa shape index (κ1) is 16.6. The van der Waals surface area contributed by atoms with Crippen molar-refractivity contribution in [2.24, 2.45) is 5.73 Å². The highest BCUT2D eigenvalue weighted by atomic mass is 79.9. The fraction of sp³-hybridized carbons (Fsp3) is 0.769. The SMILES string of the molecule is Br.CCCCCCCC(CCN)n1ccnc1. The quantitative estimate of drug-likeness (QED) is 0.707. The first-order valence-corrected chi connectivity index (χ1v) is 6.56. The average Bonchev–Trinajstić information content (AvgIpc) is 2.81. The second-order valence-corrected chi connectivity index (χ2v) is 4.44. The molecule has 4 heteroatoms. The van der Waals surface area contributed by atoms with Crippen molar-refractivity contribution < 1.29 is 0 Å². The highest BCUT2D eigenvalue weighted by Gasteiger charge is 2.08. The molecule has 2 N–H and O–H groups in total. The molecule has 0 radical (unpaired) electrons. The van der Waals surface area contributed by atoms with Gasteiger partial charge in [0.25, 0.3) is 0 Å². The van der Waals surface area contributed by atoms with Gasteiger partial charge in [-0.2, -0.15) is 0 Å². The Balaban J connectivity index is 0.00000256. The first-order chi connectivity index (χ1) is 7.88. The highest BCUT2D eigenvalue weighted by Crippen LogP contribution is 2.19. The van der Waals surface area contributed by atoms with Crippen molar-refractivity contribution in [1.29, 1.82) is 0 Å². The Morgan fingerprint density at radius 3 is 2.53 bits per heavy atom. The van der Waals surface area contributed by atoms with Crippen LogP contribution >= 0.6 is 17.0 Å². The summed E-state index contributed by atoms with van der Waals surface area (Å²) in [6.07, 6.45) is 14.8. The summed E-state index contributed by atoms with van der Waals surface area (Å²) in [5, 5.41) is 0. The summed E-state index contributed by atoms with van der Waals surface area (Å²) in [4.78, 5) is 4.11. The zero-order chi connectivity index (χ0) is 11.6. The van der Waals surface area contributed by atoms with Gasteiger partial charge >= 0.3 is 0 Å². The van der Waals surface area contributed by atoms with Gasteiger partial charge in [-0.25, -0.2) is 4.98 Å². The van der Waals surface area contributed by atoms with E-state index in [1.807, 2.05) is 18.7 Å². The maximum absolute atomic E-state index is 5.65.